The molecule has 106 valence electrons. The van der Waals surface area contributed by atoms with Crippen molar-refractivity contribution >= 4 is 33.1 Å². The van der Waals surface area contributed by atoms with Gasteiger partial charge in [0.15, 0.2) is 0 Å². The number of rotatable bonds is 6. The van der Waals surface area contributed by atoms with E-state index < -0.39 is 10.2 Å². The number of aryl methyl sites for hydroxylation is 1. The highest BCUT2D eigenvalue weighted by Crippen LogP contribution is 2.19. The fourth-order valence-electron chi connectivity index (χ4n) is 1.65. The van der Waals surface area contributed by atoms with Gasteiger partial charge in [-0.25, -0.2) is 0 Å². The molecule has 0 aliphatic heterocycles. The third-order valence-electron chi connectivity index (χ3n) is 2.81. The summed E-state index contributed by atoms with van der Waals surface area (Å²) in [7, 11) is -3.54. The van der Waals surface area contributed by atoms with Crippen molar-refractivity contribution in [2.75, 3.05) is 17.8 Å². The van der Waals surface area contributed by atoms with Gasteiger partial charge in [0.05, 0.1) is 5.69 Å². The number of hydrogen-bond donors (Lipinski definition) is 2. The highest BCUT2D eigenvalue weighted by atomic mass is 32.2. The third-order valence-corrected chi connectivity index (χ3v) is 4.72. The number of hydrogen-bond acceptors (Lipinski definition) is 3. The maximum absolute atomic E-state index is 12.1. The molecule has 0 amide bonds. The molecule has 0 aliphatic rings. The van der Waals surface area contributed by atoms with E-state index >= 15 is 0 Å². The number of nitrogens with zero attached hydrogens (tertiary/aromatic N) is 1. The molecule has 0 fully saturated rings. The zero-order chi connectivity index (χ0) is 14.6. The first-order chi connectivity index (χ1) is 8.81. The van der Waals surface area contributed by atoms with Gasteiger partial charge in [-0.3, -0.25) is 4.72 Å². The Hall–Kier alpha value is -1.18. The molecule has 0 atom stereocenters. The van der Waals surface area contributed by atoms with E-state index in [1.807, 2.05) is 6.92 Å². The van der Waals surface area contributed by atoms with Crippen molar-refractivity contribution in [2.24, 2.45) is 5.73 Å². The average molecular weight is 301 g/mol. The van der Waals surface area contributed by atoms with Gasteiger partial charge in [0, 0.05) is 18.7 Å². The van der Waals surface area contributed by atoms with E-state index in [-0.39, 0.29) is 4.99 Å². The summed E-state index contributed by atoms with van der Waals surface area (Å²) in [6, 6.07) is 5.21. The molecule has 0 spiro atoms. The lowest BCUT2D eigenvalue weighted by atomic mass is 10.1. The zero-order valence-electron chi connectivity index (χ0n) is 11.3. The lowest BCUT2D eigenvalue weighted by Crippen LogP contribution is -2.35. The van der Waals surface area contributed by atoms with E-state index in [1.165, 1.54) is 4.31 Å². The molecule has 0 heterocycles. The van der Waals surface area contributed by atoms with Crippen LogP contribution in [0.4, 0.5) is 5.69 Å². The molecule has 5 nitrogen and oxygen atoms in total. The van der Waals surface area contributed by atoms with Crippen LogP contribution >= 0.6 is 12.2 Å². The SMILES string of the molecule is CCN(CC)S(=O)(=O)Nc1cc(C(N)=S)ccc1C. The number of nitrogens with two attached hydrogens (primary N) is 1. The van der Waals surface area contributed by atoms with Crippen molar-refractivity contribution < 1.29 is 8.42 Å². The molecule has 0 aliphatic carbocycles. The van der Waals surface area contributed by atoms with E-state index in [2.05, 4.69) is 4.72 Å². The molecule has 0 bridgehead atoms. The first-order valence-electron chi connectivity index (χ1n) is 6.00. The van der Waals surface area contributed by atoms with Crippen LogP contribution in [0, 0.1) is 6.92 Å². The molecule has 1 aromatic carbocycles. The van der Waals surface area contributed by atoms with Crippen LogP contribution in [0.1, 0.15) is 25.0 Å². The highest BCUT2D eigenvalue weighted by Gasteiger charge is 2.19. The van der Waals surface area contributed by atoms with Crippen molar-refractivity contribution in [3.63, 3.8) is 0 Å². The monoisotopic (exact) mass is 301 g/mol. The van der Waals surface area contributed by atoms with Crippen LogP contribution < -0.4 is 10.5 Å². The first kappa shape index (κ1) is 15.9. The summed E-state index contributed by atoms with van der Waals surface area (Å²) < 4.78 is 28.2. The highest BCUT2D eigenvalue weighted by molar-refractivity contribution is 7.90. The summed E-state index contributed by atoms with van der Waals surface area (Å²) in [6.07, 6.45) is 0. The molecule has 1 rings (SSSR count). The lowest BCUT2D eigenvalue weighted by Gasteiger charge is -2.20. The van der Waals surface area contributed by atoms with Gasteiger partial charge in [0.25, 0.3) is 0 Å². The normalized spacial score (nSPS) is 11.6. The topological polar surface area (TPSA) is 75.4 Å². The van der Waals surface area contributed by atoms with Crippen LogP contribution in [0.25, 0.3) is 0 Å². The summed E-state index contributed by atoms with van der Waals surface area (Å²) in [5, 5.41) is 0. The van der Waals surface area contributed by atoms with Crippen molar-refractivity contribution in [3.8, 4) is 0 Å². The molecule has 0 aromatic heterocycles. The fourth-order valence-corrected chi connectivity index (χ4v) is 3.09. The van der Waals surface area contributed by atoms with Crippen molar-refractivity contribution in [1.29, 1.82) is 0 Å². The Morgan fingerprint density at radius 3 is 2.42 bits per heavy atom. The summed E-state index contributed by atoms with van der Waals surface area (Å²) in [4.78, 5) is 0.239. The Balaban J connectivity index is 3.11. The van der Waals surface area contributed by atoms with Gasteiger partial charge in [0.2, 0.25) is 0 Å². The van der Waals surface area contributed by atoms with Gasteiger partial charge >= 0.3 is 10.2 Å². The lowest BCUT2D eigenvalue weighted by molar-refractivity contribution is 0.449. The minimum Gasteiger partial charge on any atom is -0.389 e. The number of anilines is 1. The molecular weight excluding hydrogens is 282 g/mol. The molecule has 19 heavy (non-hydrogen) atoms. The first-order valence-corrected chi connectivity index (χ1v) is 7.85. The van der Waals surface area contributed by atoms with Crippen molar-refractivity contribution in [3.05, 3.63) is 29.3 Å². The summed E-state index contributed by atoms with van der Waals surface area (Å²) in [5.41, 5.74) is 7.50. The molecule has 3 N–H and O–H groups in total. The van der Waals surface area contributed by atoms with Gasteiger partial charge in [-0.05, 0) is 18.6 Å². The quantitative estimate of drug-likeness (QED) is 0.783. The number of nitrogens with one attached hydrogen (secondary N) is 1. The van der Waals surface area contributed by atoms with Crippen molar-refractivity contribution in [1.82, 2.24) is 4.31 Å². The van der Waals surface area contributed by atoms with Crippen LogP contribution in [-0.4, -0.2) is 30.8 Å². The molecule has 7 heteroatoms. The Morgan fingerprint density at radius 1 is 1.37 bits per heavy atom. The van der Waals surface area contributed by atoms with E-state index in [9.17, 15) is 8.42 Å². The van der Waals surface area contributed by atoms with Gasteiger partial charge in [0.1, 0.15) is 4.99 Å². The Kier molecular flexibility index (Phi) is 5.28. The Bertz CT molecular complexity index is 566. The molecule has 0 radical (unpaired) electrons. The second-order valence-electron chi connectivity index (χ2n) is 4.09. The second-order valence-corrected chi connectivity index (χ2v) is 6.20. The largest absolute Gasteiger partial charge is 0.389 e. The standard InChI is InChI=1S/C12H19N3O2S2/c1-4-15(5-2)19(16,17)14-11-8-10(12(13)18)7-6-9(11)3/h6-8,14H,4-5H2,1-3H3,(H2,13,18). The fraction of sp³-hybridized carbons (Fsp3) is 0.417. The summed E-state index contributed by atoms with van der Waals surface area (Å²) >= 11 is 4.89. The van der Waals surface area contributed by atoms with E-state index in [0.717, 1.165) is 5.56 Å². The van der Waals surface area contributed by atoms with Crippen molar-refractivity contribution in [2.45, 2.75) is 20.8 Å². The maximum atomic E-state index is 12.1. The molecular formula is C12H19N3O2S2. The van der Waals surface area contributed by atoms with E-state index in [0.29, 0.717) is 24.3 Å². The zero-order valence-corrected chi connectivity index (χ0v) is 12.9. The van der Waals surface area contributed by atoms with Crippen LogP contribution in [0.2, 0.25) is 0 Å². The van der Waals surface area contributed by atoms with Gasteiger partial charge in [-0.15, -0.1) is 0 Å². The average Bonchev–Trinajstić information content (AvgIpc) is 2.32. The molecule has 0 saturated carbocycles. The smallest absolute Gasteiger partial charge is 0.301 e. The maximum Gasteiger partial charge on any atom is 0.301 e. The van der Waals surface area contributed by atoms with Crippen LogP contribution in [0.15, 0.2) is 18.2 Å². The van der Waals surface area contributed by atoms with Gasteiger partial charge < -0.3 is 5.73 Å². The van der Waals surface area contributed by atoms with Gasteiger partial charge in [-0.2, -0.15) is 12.7 Å². The van der Waals surface area contributed by atoms with Crippen LogP contribution in [0.3, 0.4) is 0 Å². The van der Waals surface area contributed by atoms with E-state index in [4.69, 9.17) is 18.0 Å². The van der Waals surface area contributed by atoms with Crippen LogP contribution in [-0.2, 0) is 10.2 Å². The summed E-state index contributed by atoms with van der Waals surface area (Å²) in [5.74, 6) is 0. The molecule has 1 aromatic rings. The molecule has 0 saturated heterocycles. The second kappa shape index (κ2) is 6.31. The number of benzene rings is 1. The third kappa shape index (κ3) is 3.89. The predicted octanol–water partition coefficient (Wildman–Crippen LogP) is 1.63. The Labute approximate surface area is 120 Å². The van der Waals surface area contributed by atoms with Crippen LogP contribution in [0.5, 0.6) is 0 Å². The van der Waals surface area contributed by atoms with Gasteiger partial charge in [-0.1, -0.05) is 38.2 Å². The predicted molar refractivity (Wildman–Crippen MR) is 82.5 cm³/mol. The Morgan fingerprint density at radius 2 is 1.95 bits per heavy atom. The minimum atomic E-state index is -3.54. The number of thiocarbonyl (C=S) groups is 1. The van der Waals surface area contributed by atoms with E-state index in [1.54, 1.807) is 32.0 Å². The molecule has 0 unspecified atom stereocenters. The minimum absolute atomic E-state index is 0.239. The summed E-state index contributed by atoms with van der Waals surface area (Å²) in [6.45, 7) is 6.24.